The highest BCUT2D eigenvalue weighted by Gasteiger charge is 2.85. The third-order valence-corrected chi connectivity index (χ3v) is 9.12. The van der Waals surface area contributed by atoms with Gasteiger partial charge < -0.3 is 14.8 Å². The van der Waals surface area contributed by atoms with Crippen LogP contribution in [-0.4, -0.2) is 51.9 Å². The van der Waals surface area contributed by atoms with Crippen LogP contribution in [0.1, 0.15) is 39.5 Å². The first-order chi connectivity index (χ1) is 12.9. The second-order valence-electron chi connectivity index (χ2n) is 8.19. The molecule has 5 rings (SSSR count). The zero-order chi connectivity index (χ0) is 19.4. The van der Waals surface area contributed by atoms with Crippen LogP contribution in [0.3, 0.4) is 0 Å². The lowest BCUT2D eigenvalue weighted by atomic mass is 9.44. The summed E-state index contributed by atoms with van der Waals surface area (Å²) >= 11 is 0. The zero-order valence-corrected chi connectivity index (χ0v) is 16.6. The minimum atomic E-state index is -2.64. The van der Waals surface area contributed by atoms with E-state index in [2.05, 4.69) is 16.9 Å². The van der Waals surface area contributed by atoms with E-state index in [4.69, 9.17) is 13.7 Å². The molecule has 5 aliphatic rings. The minimum absolute atomic E-state index is 0.0186. The Hall–Kier alpha value is -1.50. The molecule has 1 aliphatic heterocycles. The molecule has 0 aromatic carbocycles. The van der Waals surface area contributed by atoms with Gasteiger partial charge in [0, 0.05) is 11.3 Å². The number of hydrogen-bond acceptors (Lipinski definition) is 6. The highest BCUT2D eigenvalue weighted by atomic mass is 32.2. The Kier molecular flexibility index (Phi) is 4.56. The first-order valence-electron chi connectivity index (χ1n) is 9.73. The third kappa shape index (κ3) is 2.57. The van der Waals surface area contributed by atoms with E-state index < -0.39 is 15.9 Å². The predicted molar refractivity (Wildman–Crippen MR) is 99.4 cm³/mol. The van der Waals surface area contributed by atoms with Crippen molar-refractivity contribution in [3.05, 3.63) is 6.58 Å². The van der Waals surface area contributed by atoms with Gasteiger partial charge in [0.2, 0.25) is 0 Å². The molecule has 27 heavy (non-hydrogen) atoms. The van der Waals surface area contributed by atoms with Crippen molar-refractivity contribution in [2.24, 2.45) is 23.2 Å². The molecular formula is C19H27NO6S. The Morgan fingerprint density at radius 2 is 2.26 bits per heavy atom. The highest BCUT2D eigenvalue weighted by molar-refractivity contribution is 7.97. The maximum atomic E-state index is 12.8. The van der Waals surface area contributed by atoms with Gasteiger partial charge >= 0.3 is 12.1 Å². The van der Waals surface area contributed by atoms with E-state index >= 15 is 0 Å². The smallest absolute Gasteiger partial charge is 0.407 e. The molecule has 1 N–H and O–H groups in total. The largest absolute Gasteiger partial charge is 0.464 e. The molecule has 2 bridgehead atoms. The van der Waals surface area contributed by atoms with Crippen molar-refractivity contribution in [1.29, 1.82) is 0 Å². The zero-order valence-electron chi connectivity index (χ0n) is 15.8. The fourth-order valence-corrected chi connectivity index (χ4v) is 8.18. The van der Waals surface area contributed by atoms with E-state index in [1.54, 1.807) is 0 Å². The van der Waals surface area contributed by atoms with Crippen molar-refractivity contribution in [1.82, 2.24) is 5.32 Å². The maximum Gasteiger partial charge on any atom is 0.407 e. The number of amides is 1. The number of hydrogen-bond donors (Lipinski definition) is 1. The summed E-state index contributed by atoms with van der Waals surface area (Å²) in [4.78, 5) is 23.8. The Labute approximate surface area is 160 Å². The molecule has 4 saturated carbocycles. The molecule has 1 heterocycles. The Morgan fingerprint density at radius 1 is 1.48 bits per heavy atom. The van der Waals surface area contributed by atoms with Gasteiger partial charge in [-0.3, -0.25) is 8.98 Å². The average Bonchev–Trinajstić information content (AvgIpc) is 3.23. The van der Waals surface area contributed by atoms with Crippen molar-refractivity contribution in [3.8, 4) is 0 Å². The van der Waals surface area contributed by atoms with Crippen LogP contribution in [-0.2, 0) is 28.3 Å². The molecule has 0 aromatic heterocycles. The molecule has 5 fully saturated rings. The van der Waals surface area contributed by atoms with Crippen molar-refractivity contribution in [3.63, 3.8) is 0 Å². The third-order valence-electron chi connectivity index (χ3n) is 6.85. The summed E-state index contributed by atoms with van der Waals surface area (Å²) in [5.41, 5.74) is -0.0949. The van der Waals surface area contributed by atoms with E-state index in [0.29, 0.717) is 5.92 Å². The molecule has 150 valence electrons. The van der Waals surface area contributed by atoms with Gasteiger partial charge in [-0.1, -0.05) is 20.3 Å². The molecule has 1 saturated heterocycles. The van der Waals surface area contributed by atoms with Crippen molar-refractivity contribution >= 4 is 26.9 Å². The van der Waals surface area contributed by atoms with Crippen LogP contribution in [0.4, 0.5) is 4.79 Å². The van der Waals surface area contributed by atoms with Gasteiger partial charge in [-0.25, -0.2) is 9.00 Å². The fraction of sp³-hybridized carbons (Fsp3) is 0.789. The van der Waals surface area contributed by atoms with E-state index in [9.17, 15) is 13.8 Å². The molecule has 4 aliphatic carbocycles. The van der Waals surface area contributed by atoms with Gasteiger partial charge in [-0.05, 0) is 36.8 Å². The summed E-state index contributed by atoms with van der Waals surface area (Å²) in [6.07, 6.45) is 2.32. The normalized spacial score (nSPS) is 43.6. The summed E-state index contributed by atoms with van der Waals surface area (Å²) in [6.45, 7) is 7.72. The molecule has 1 spiro atoms. The van der Waals surface area contributed by atoms with Crippen molar-refractivity contribution in [2.45, 2.75) is 57.0 Å². The lowest BCUT2D eigenvalue weighted by Gasteiger charge is -2.62. The molecule has 8 heteroatoms. The van der Waals surface area contributed by atoms with Crippen LogP contribution in [0.2, 0.25) is 0 Å². The number of carbonyl (C=O) groups is 2. The van der Waals surface area contributed by atoms with Crippen LogP contribution in [0.25, 0.3) is 0 Å². The number of rotatable bonds is 7. The second kappa shape index (κ2) is 6.54. The number of alkyl carbamates (subject to hydrolysis) is 1. The van der Waals surface area contributed by atoms with Crippen LogP contribution in [0.15, 0.2) is 6.58 Å². The molecule has 0 aromatic rings. The first kappa shape index (κ1) is 18.8. The molecular weight excluding hydrogens is 370 g/mol. The van der Waals surface area contributed by atoms with Crippen LogP contribution in [0, 0.1) is 23.2 Å². The molecule has 1 amide bonds. The molecule has 7 nitrogen and oxygen atoms in total. The summed E-state index contributed by atoms with van der Waals surface area (Å²) < 4.78 is 29.3. The average molecular weight is 397 g/mol. The van der Waals surface area contributed by atoms with Gasteiger partial charge in [-0.2, -0.15) is 0 Å². The quantitative estimate of drug-likeness (QED) is 0.399. The predicted octanol–water partition coefficient (Wildman–Crippen LogP) is 1.65. The SMILES string of the molecule is C=C=S1(=O)OC2C(OC(=O)NCCOC(=O)C(C)CCC)C3C4CC1C23C4. The first-order valence-corrected chi connectivity index (χ1v) is 11.3. The van der Waals surface area contributed by atoms with Gasteiger partial charge in [0.05, 0.1) is 17.7 Å². The number of esters is 1. The Bertz CT molecular complexity index is 798. The monoisotopic (exact) mass is 397 g/mol. The standard InChI is InChI=1S/C19H27NO6S/c1-4-6-11(3)17(21)24-8-7-20-18(22)25-15-14-12-9-13-19(14,10-12)16(15)26-27(13,23)5-2/h11-16H,2,4,6-10H2,1,3H3,(H,20,22). The van der Waals surface area contributed by atoms with Gasteiger partial charge in [0.25, 0.3) is 0 Å². The van der Waals surface area contributed by atoms with Gasteiger partial charge in [0.15, 0.2) is 0 Å². The Balaban J connectivity index is 1.25. The molecule has 0 radical (unpaired) electrons. The minimum Gasteiger partial charge on any atom is -0.464 e. The molecule has 8 unspecified atom stereocenters. The summed E-state index contributed by atoms with van der Waals surface area (Å²) in [6, 6.07) is 0. The highest BCUT2D eigenvalue weighted by Crippen LogP contribution is 2.79. The van der Waals surface area contributed by atoms with E-state index in [1.807, 2.05) is 13.8 Å². The van der Waals surface area contributed by atoms with Gasteiger partial charge in [0.1, 0.15) is 28.6 Å². The lowest BCUT2D eigenvalue weighted by molar-refractivity contribution is -0.239. The lowest BCUT2D eigenvalue weighted by Crippen LogP contribution is -2.71. The van der Waals surface area contributed by atoms with Crippen molar-refractivity contribution in [2.75, 3.05) is 13.2 Å². The van der Waals surface area contributed by atoms with E-state index in [0.717, 1.165) is 25.7 Å². The summed E-state index contributed by atoms with van der Waals surface area (Å²) in [5, 5.41) is 5.21. The summed E-state index contributed by atoms with van der Waals surface area (Å²) in [5.74, 6) is 0.303. The van der Waals surface area contributed by atoms with E-state index in [1.165, 1.54) is 0 Å². The number of ether oxygens (including phenoxy) is 2. The Morgan fingerprint density at radius 3 is 2.96 bits per heavy atom. The van der Waals surface area contributed by atoms with Gasteiger partial charge in [-0.15, -0.1) is 0 Å². The van der Waals surface area contributed by atoms with Crippen molar-refractivity contribution < 1.29 is 27.5 Å². The van der Waals surface area contributed by atoms with Crippen LogP contribution < -0.4 is 5.32 Å². The van der Waals surface area contributed by atoms with E-state index in [-0.39, 0.29) is 53.8 Å². The molecule has 8 atom stereocenters. The number of nitrogens with one attached hydrogen (secondary N) is 1. The fourth-order valence-electron chi connectivity index (χ4n) is 5.72. The van der Waals surface area contributed by atoms with Crippen LogP contribution >= 0.6 is 0 Å². The van der Waals surface area contributed by atoms with Crippen LogP contribution in [0.5, 0.6) is 0 Å². The second-order valence-corrected chi connectivity index (χ2v) is 10.3. The maximum absolute atomic E-state index is 12.8. The summed E-state index contributed by atoms with van der Waals surface area (Å²) in [7, 11) is -2.64. The topological polar surface area (TPSA) is 90.9 Å². The number of carbonyl (C=O) groups excluding carboxylic acids is 2.